The van der Waals surface area contributed by atoms with E-state index in [1.165, 1.54) is 19.3 Å². The molecule has 9 heavy (non-hydrogen) atoms. The van der Waals surface area contributed by atoms with E-state index in [4.69, 9.17) is 4.74 Å². The topological polar surface area (TPSA) is 9.23 Å². The van der Waals surface area contributed by atoms with Gasteiger partial charge in [-0.3, -0.25) is 0 Å². The minimum absolute atomic E-state index is 0. The van der Waals surface area contributed by atoms with Crippen LogP contribution in [0, 0.1) is 0 Å². The second-order valence-electron chi connectivity index (χ2n) is 2.55. The summed E-state index contributed by atoms with van der Waals surface area (Å²) in [7, 11) is 0. The lowest BCUT2D eigenvalue weighted by molar-refractivity contribution is 0.0540. The second kappa shape index (κ2) is 3.89. The quantitative estimate of drug-likeness (QED) is 0.530. The molecule has 0 N–H and O–H groups in total. The SMILES string of the molecule is C.CCC1CCC(C)O1. The predicted octanol–water partition coefficient (Wildman–Crippen LogP) is 2.60. The minimum atomic E-state index is 0. The minimum Gasteiger partial charge on any atom is -0.375 e. The highest BCUT2D eigenvalue weighted by molar-refractivity contribution is 4.68. The average Bonchev–Trinajstić information content (AvgIpc) is 2.14. The van der Waals surface area contributed by atoms with Crippen LogP contribution >= 0.6 is 0 Å². The summed E-state index contributed by atoms with van der Waals surface area (Å²) in [4.78, 5) is 0. The highest BCUT2D eigenvalue weighted by Gasteiger charge is 2.18. The third kappa shape index (κ3) is 2.35. The Bertz CT molecular complexity index is 71.0. The van der Waals surface area contributed by atoms with Crippen molar-refractivity contribution in [2.75, 3.05) is 0 Å². The van der Waals surface area contributed by atoms with Crippen molar-refractivity contribution < 1.29 is 4.74 Å². The number of rotatable bonds is 1. The lowest BCUT2D eigenvalue weighted by atomic mass is 10.2. The first-order chi connectivity index (χ1) is 3.83. The molecule has 1 nitrogen and oxygen atoms in total. The maximum absolute atomic E-state index is 5.51. The van der Waals surface area contributed by atoms with Crippen LogP contribution in [0.2, 0.25) is 0 Å². The molecular weight excluding hydrogens is 112 g/mol. The third-order valence-corrected chi connectivity index (χ3v) is 1.78. The van der Waals surface area contributed by atoms with Gasteiger partial charge in [0.2, 0.25) is 0 Å². The van der Waals surface area contributed by atoms with Crippen molar-refractivity contribution in [3.8, 4) is 0 Å². The van der Waals surface area contributed by atoms with Crippen LogP contribution < -0.4 is 0 Å². The van der Waals surface area contributed by atoms with E-state index >= 15 is 0 Å². The zero-order valence-electron chi connectivity index (χ0n) is 5.68. The molecule has 0 aliphatic carbocycles. The molecular formula is C8H18O. The highest BCUT2D eigenvalue weighted by Crippen LogP contribution is 2.20. The van der Waals surface area contributed by atoms with Crippen molar-refractivity contribution in [2.24, 2.45) is 0 Å². The van der Waals surface area contributed by atoms with Crippen molar-refractivity contribution in [3.63, 3.8) is 0 Å². The smallest absolute Gasteiger partial charge is 0.0577 e. The first-order valence-corrected chi connectivity index (χ1v) is 3.48. The van der Waals surface area contributed by atoms with E-state index in [1.807, 2.05) is 0 Å². The Balaban J connectivity index is 0.000000640. The third-order valence-electron chi connectivity index (χ3n) is 1.78. The van der Waals surface area contributed by atoms with E-state index in [0.717, 1.165) is 0 Å². The van der Waals surface area contributed by atoms with Crippen LogP contribution in [-0.4, -0.2) is 12.2 Å². The lowest BCUT2D eigenvalue weighted by Gasteiger charge is -2.05. The van der Waals surface area contributed by atoms with Gasteiger partial charge in [0.25, 0.3) is 0 Å². The van der Waals surface area contributed by atoms with Crippen LogP contribution in [0.1, 0.15) is 40.5 Å². The summed E-state index contributed by atoms with van der Waals surface area (Å²) in [6.45, 7) is 4.33. The number of ether oxygens (including phenoxy) is 1. The molecule has 1 rings (SSSR count). The molecule has 56 valence electrons. The molecule has 2 unspecified atom stereocenters. The maximum atomic E-state index is 5.51. The Morgan fingerprint density at radius 1 is 1.44 bits per heavy atom. The Hall–Kier alpha value is -0.0400. The van der Waals surface area contributed by atoms with Gasteiger partial charge < -0.3 is 4.74 Å². The fourth-order valence-corrected chi connectivity index (χ4v) is 1.19. The Morgan fingerprint density at radius 3 is 2.33 bits per heavy atom. The molecule has 1 fully saturated rings. The molecule has 0 amide bonds. The molecule has 0 aromatic rings. The molecule has 2 atom stereocenters. The molecule has 0 saturated carbocycles. The van der Waals surface area contributed by atoms with Gasteiger partial charge in [-0.2, -0.15) is 0 Å². The van der Waals surface area contributed by atoms with E-state index in [0.29, 0.717) is 12.2 Å². The predicted molar refractivity (Wildman–Crippen MR) is 40.6 cm³/mol. The second-order valence-corrected chi connectivity index (χ2v) is 2.55. The Morgan fingerprint density at radius 2 is 2.11 bits per heavy atom. The Labute approximate surface area is 58.4 Å². The molecule has 0 aromatic carbocycles. The van der Waals surface area contributed by atoms with Crippen LogP contribution in [0.25, 0.3) is 0 Å². The molecule has 1 aliphatic rings. The first kappa shape index (κ1) is 8.96. The highest BCUT2D eigenvalue weighted by atomic mass is 16.5. The monoisotopic (exact) mass is 130 g/mol. The van der Waals surface area contributed by atoms with Crippen LogP contribution in [0.3, 0.4) is 0 Å². The van der Waals surface area contributed by atoms with Crippen LogP contribution in [0.15, 0.2) is 0 Å². The van der Waals surface area contributed by atoms with Crippen molar-refractivity contribution in [1.29, 1.82) is 0 Å². The van der Waals surface area contributed by atoms with Gasteiger partial charge in [0, 0.05) is 0 Å². The molecule has 1 aliphatic heterocycles. The van der Waals surface area contributed by atoms with Gasteiger partial charge in [0.05, 0.1) is 12.2 Å². The van der Waals surface area contributed by atoms with E-state index in [2.05, 4.69) is 13.8 Å². The molecule has 0 bridgehead atoms. The fraction of sp³-hybridized carbons (Fsp3) is 1.00. The fourth-order valence-electron chi connectivity index (χ4n) is 1.19. The molecule has 1 heterocycles. The summed E-state index contributed by atoms with van der Waals surface area (Å²) in [6.07, 6.45) is 4.82. The van der Waals surface area contributed by atoms with Gasteiger partial charge in [-0.25, -0.2) is 0 Å². The summed E-state index contributed by atoms with van der Waals surface area (Å²) in [5.74, 6) is 0. The molecule has 0 spiro atoms. The standard InChI is InChI=1S/C7H14O.CH4/c1-3-7-5-4-6(2)8-7;/h6-7H,3-5H2,1-2H3;1H4. The number of hydrogen-bond donors (Lipinski definition) is 0. The van der Waals surface area contributed by atoms with Crippen LogP contribution in [-0.2, 0) is 4.74 Å². The van der Waals surface area contributed by atoms with Crippen molar-refractivity contribution >= 4 is 0 Å². The summed E-state index contributed by atoms with van der Waals surface area (Å²) in [5.41, 5.74) is 0. The summed E-state index contributed by atoms with van der Waals surface area (Å²) in [5, 5.41) is 0. The largest absolute Gasteiger partial charge is 0.375 e. The van der Waals surface area contributed by atoms with Gasteiger partial charge in [-0.1, -0.05) is 14.4 Å². The van der Waals surface area contributed by atoms with Gasteiger partial charge in [0.1, 0.15) is 0 Å². The van der Waals surface area contributed by atoms with Crippen molar-refractivity contribution in [3.05, 3.63) is 0 Å². The average molecular weight is 130 g/mol. The van der Waals surface area contributed by atoms with Gasteiger partial charge in [-0.05, 0) is 26.2 Å². The molecule has 0 aromatic heterocycles. The molecule has 0 radical (unpaired) electrons. The zero-order valence-corrected chi connectivity index (χ0v) is 5.68. The molecule has 1 saturated heterocycles. The van der Waals surface area contributed by atoms with E-state index < -0.39 is 0 Å². The lowest BCUT2D eigenvalue weighted by Crippen LogP contribution is -2.05. The summed E-state index contributed by atoms with van der Waals surface area (Å²) >= 11 is 0. The van der Waals surface area contributed by atoms with Gasteiger partial charge in [0.15, 0.2) is 0 Å². The molecule has 1 heteroatoms. The normalized spacial score (nSPS) is 34.0. The van der Waals surface area contributed by atoms with Gasteiger partial charge >= 0.3 is 0 Å². The first-order valence-electron chi connectivity index (χ1n) is 3.48. The van der Waals surface area contributed by atoms with E-state index in [9.17, 15) is 0 Å². The summed E-state index contributed by atoms with van der Waals surface area (Å²) < 4.78 is 5.51. The van der Waals surface area contributed by atoms with Crippen molar-refractivity contribution in [1.82, 2.24) is 0 Å². The van der Waals surface area contributed by atoms with Crippen LogP contribution in [0.5, 0.6) is 0 Å². The zero-order chi connectivity index (χ0) is 5.98. The van der Waals surface area contributed by atoms with Gasteiger partial charge in [-0.15, -0.1) is 0 Å². The van der Waals surface area contributed by atoms with Crippen molar-refractivity contribution in [2.45, 2.75) is 52.7 Å². The van der Waals surface area contributed by atoms with E-state index in [-0.39, 0.29) is 7.43 Å². The van der Waals surface area contributed by atoms with Crippen LogP contribution in [0.4, 0.5) is 0 Å². The van der Waals surface area contributed by atoms with E-state index in [1.54, 1.807) is 0 Å². The maximum Gasteiger partial charge on any atom is 0.0577 e. The Kier molecular flexibility index (Phi) is 3.87. The summed E-state index contributed by atoms with van der Waals surface area (Å²) in [6, 6.07) is 0. The number of hydrogen-bond acceptors (Lipinski definition) is 1.